The van der Waals surface area contributed by atoms with Gasteiger partial charge in [0, 0.05) is 79.0 Å². The number of hydrogen-bond donors (Lipinski definition) is 0. The molecule has 0 radical (unpaired) electrons. The molecule has 3 aromatic rings. The molecule has 0 bridgehead atoms. The van der Waals surface area contributed by atoms with Crippen LogP contribution in [-0.2, 0) is 0 Å². The molecule has 1 aliphatic heterocycles. The second-order valence-corrected chi connectivity index (χ2v) is 8.60. The predicted octanol–water partition coefficient (Wildman–Crippen LogP) is 5.12. The van der Waals surface area contributed by atoms with E-state index < -0.39 is 0 Å². The smallest absolute Gasteiger partial charge is 0.128 e. The molecule has 1 aliphatic rings. The molecule has 1 aromatic carbocycles. The van der Waals surface area contributed by atoms with E-state index in [2.05, 4.69) is 69.9 Å². The summed E-state index contributed by atoms with van der Waals surface area (Å²) in [4.78, 5) is 13.8. The Hall–Kier alpha value is -3.54. The van der Waals surface area contributed by atoms with Gasteiger partial charge < -0.3 is 19.1 Å². The molecule has 0 N–H and O–H groups in total. The molecule has 0 aliphatic carbocycles. The molecule has 6 heteroatoms. The normalized spacial score (nSPS) is 14.4. The standard InChI is InChI=1S/C28H35N5O/c1-7-34-25-13-11-24(12-14-25)33-22(4)27(20(2)29-6)28(23(33)5)21(3)31-16-18-32(19-17-31)26-10-8-9-15-30-26/h8-15H,3,7,16-19H2,1-2,4-6H3. The van der Waals surface area contributed by atoms with Crippen molar-refractivity contribution < 1.29 is 4.74 Å². The van der Waals surface area contributed by atoms with E-state index in [4.69, 9.17) is 4.74 Å². The minimum atomic E-state index is 0.662. The molecule has 0 spiro atoms. The number of ether oxygens (including phenoxy) is 1. The first-order valence-electron chi connectivity index (χ1n) is 11.9. The molecule has 0 amide bonds. The molecule has 0 atom stereocenters. The van der Waals surface area contributed by atoms with Crippen molar-refractivity contribution in [2.24, 2.45) is 4.99 Å². The lowest BCUT2D eigenvalue weighted by Gasteiger charge is -2.38. The predicted molar refractivity (Wildman–Crippen MR) is 142 cm³/mol. The number of benzene rings is 1. The van der Waals surface area contributed by atoms with Crippen LogP contribution in [0.5, 0.6) is 5.75 Å². The molecule has 0 unspecified atom stereocenters. The third kappa shape index (κ3) is 4.45. The number of anilines is 1. The topological polar surface area (TPSA) is 45.9 Å². The molecule has 6 nitrogen and oxygen atoms in total. The van der Waals surface area contributed by atoms with Crippen LogP contribution >= 0.6 is 0 Å². The minimum Gasteiger partial charge on any atom is -0.494 e. The van der Waals surface area contributed by atoms with Gasteiger partial charge in [-0.05, 0) is 64.1 Å². The molecule has 1 fully saturated rings. The third-order valence-corrected chi connectivity index (χ3v) is 6.67. The second-order valence-electron chi connectivity index (χ2n) is 8.60. The summed E-state index contributed by atoms with van der Waals surface area (Å²) in [6.07, 6.45) is 1.86. The lowest BCUT2D eigenvalue weighted by atomic mass is 10.0. The van der Waals surface area contributed by atoms with Gasteiger partial charge in [-0.1, -0.05) is 12.6 Å². The first-order valence-corrected chi connectivity index (χ1v) is 11.9. The number of pyridine rings is 1. The molecule has 1 saturated heterocycles. The average Bonchev–Trinajstić information content (AvgIpc) is 3.14. The molecule has 3 heterocycles. The van der Waals surface area contributed by atoms with Crippen LogP contribution in [0.4, 0.5) is 5.82 Å². The highest BCUT2D eigenvalue weighted by Gasteiger charge is 2.27. The lowest BCUT2D eigenvalue weighted by Crippen LogP contribution is -2.45. The van der Waals surface area contributed by atoms with Crippen molar-refractivity contribution in [3.8, 4) is 11.4 Å². The van der Waals surface area contributed by atoms with E-state index in [1.165, 1.54) is 22.5 Å². The number of aromatic nitrogens is 2. The maximum Gasteiger partial charge on any atom is 0.128 e. The fraction of sp³-hybridized carbons (Fsp3) is 0.357. The Labute approximate surface area is 203 Å². The summed E-state index contributed by atoms with van der Waals surface area (Å²) in [6, 6.07) is 14.4. The van der Waals surface area contributed by atoms with Crippen molar-refractivity contribution in [1.29, 1.82) is 0 Å². The summed E-state index contributed by atoms with van der Waals surface area (Å²) >= 11 is 0. The van der Waals surface area contributed by atoms with E-state index in [-0.39, 0.29) is 0 Å². The Morgan fingerprint density at radius 1 is 1.00 bits per heavy atom. The van der Waals surface area contributed by atoms with Gasteiger partial charge in [0.1, 0.15) is 11.6 Å². The lowest BCUT2D eigenvalue weighted by molar-refractivity contribution is 0.340. The quantitative estimate of drug-likeness (QED) is 0.462. The zero-order chi connectivity index (χ0) is 24.2. The van der Waals surface area contributed by atoms with E-state index in [1.54, 1.807) is 0 Å². The molecule has 178 valence electrons. The molecule has 34 heavy (non-hydrogen) atoms. The van der Waals surface area contributed by atoms with Crippen LogP contribution in [0.15, 0.2) is 60.2 Å². The van der Waals surface area contributed by atoms with Gasteiger partial charge in [0.2, 0.25) is 0 Å². The maximum atomic E-state index is 5.64. The van der Waals surface area contributed by atoms with Gasteiger partial charge in [-0.25, -0.2) is 4.98 Å². The summed E-state index contributed by atoms with van der Waals surface area (Å²) in [5.41, 5.74) is 7.90. The fourth-order valence-corrected chi connectivity index (χ4v) is 4.89. The van der Waals surface area contributed by atoms with Gasteiger partial charge in [-0.2, -0.15) is 0 Å². The molecule has 2 aromatic heterocycles. The fourth-order valence-electron chi connectivity index (χ4n) is 4.89. The van der Waals surface area contributed by atoms with Crippen molar-refractivity contribution in [1.82, 2.24) is 14.5 Å². The summed E-state index contributed by atoms with van der Waals surface area (Å²) in [5.74, 6) is 1.92. The summed E-state index contributed by atoms with van der Waals surface area (Å²) < 4.78 is 7.95. The molecular formula is C28H35N5O. The number of aliphatic imine (C=N–C) groups is 1. The van der Waals surface area contributed by atoms with Crippen molar-refractivity contribution in [2.45, 2.75) is 27.7 Å². The first-order chi connectivity index (χ1) is 16.5. The van der Waals surface area contributed by atoms with Gasteiger partial charge in [0.25, 0.3) is 0 Å². The van der Waals surface area contributed by atoms with Gasteiger partial charge in [-0.3, -0.25) is 4.99 Å². The van der Waals surface area contributed by atoms with Crippen LogP contribution in [0, 0.1) is 13.8 Å². The van der Waals surface area contributed by atoms with E-state index in [1.807, 2.05) is 44.4 Å². The van der Waals surface area contributed by atoms with Gasteiger partial charge in [0.15, 0.2) is 0 Å². The van der Waals surface area contributed by atoms with Crippen LogP contribution in [0.3, 0.4) is 0 Å². The van der Waals surface area contributed by atoms with Crippen LogP contribution in [-0.4, -0.2) is 60.0 Å². The van der Waals surface area contributed by atoms with Gasteiger partial charge >= 0.3 is 0 Å². The van der Waals surface area contributed by atoms with Crippen LogP contribution in [0.1, 0.15) is 36.4 Å². The second kappa shape index (κ2) is 10.2. The van der Waals surface area contributed by atoms with Crippen LogP contribution in [0.25, 0.3) is 11.4 Å². The third-order valence-electron chi connectivity index (χ3n) is 6.67. The monoisotopic (exact) mass is 457 g/mol. The number of hydrogen-bond acceptors (Lipinski definition) is 5. The minimum absolute atomic E-state index is 0.662. The zero-order valence-corrected chi connectivity index (χ0v) is 21.0. The summed E-state index contributed by atoms with van der Waals surface area (Å²) in [5, 5.41) is 0. The van der Waals surface area contributed by atoms with E-state index in [9.17, 15) is 0 Å². The van der Waals surface area contributed by atoms with Crippen molar-refractivity contribution in [3.05, 3.63) is 77.8 Å². The highest BCUT2D eigenvalue weighted by Crippen LogP contribution is 2.34. The molecule has 4 rings (SSSR count). The number of piperazine rings is 1. The highest BCUT2D eigenvalue weighted by atomic mass is 16.5. The zero-order valence-electron chi connectivity index (χ0n) is 21.0. The summed E-state index contributed by atoms with van der Waals surface area (Å²) in [7, 11) is 1.86. The van der Waals surface area contributed by atoms with Gasteiger partial charge in [-0.15, -0.1) is 0 Å². The average molecular weight is 458 g/mol. The first kappa shape index (κ1) is 23.6. The summed E-state index contributed by atoms with van der Waals surface area (Å²) in [6.45, 7) is 17.3. The van der Waals surface area contributed by atoms with E-state index >= 15 is 0 Å². The SMILES string of the molecule is C=C(c1c(C(C)=NC)c(C)n(-c2ccc(OCC)cc2)c1C)N1CCN(c2ccccn2)CC1. The maximum absolute atomic E-state index is 5.64. The van der Waals surface area contributed by atoms with E-state index in [0.717, 1.165) is 54.8 Å². The largest absolute Gasteiger partial charge is 0.494 e. The number of nitrogens with zero attached hydrogens (tertiary/aromatic N) is 5. The highest BCUT2D eigenvalue weighted by molar-refractivity contribution is 6.04. The molecule has 0 saturated carbocycles. The van der Waals surface area contributed by atoms with Crippen molar-refractivity contribution in [2.75, 3.05) is 44.7 Å². The Morgan fingerprint density at radius 3 is 2.26 bits per heavy atom. The van der Waals surface area contributed by atoms with Crippen LogP contribution < -0.4 is 9.64 Å². The Morgan fingerprint density at radius 2 is 1.68 bits per heavy atom. The van der Waals surface area contributed by atoms with E-state index in [0.29, 0.717) is 6.61 Å². The Kier molecular flexibility index (Phi) is 7.06. The Bertz CT molecular complexity index is 1170. The Balaban J connectivity index is 1.66. The molecular weight excluding hydrogens is 422 g/mol. The number of rotatable bonds is 7. The van der Waals surface area contributed by atoms with Crippen molar-refractivity contribution in [3.63, 3.8) is 0 Å². The van der Waals surface area contributed by atoms with Crippen molar-refractivity contribution >= 4 is 17.2 Å². The van der Waals surface area contributed by atoms with Crippen LogP contribution in [0.2, 0.25) is 0 Å². The van der Waals surface area contributed by atoms with Gasteiger partial charge in [0.05, 0.1) is 6.61 Å².